The van der Waals surface area contributed by atoms with E-state index in [1.807, 2.05) is 0 Å². The zero-order valence-corrected chi connectivity index (χ0v) is 51.8. The molecule has 27 atom stereocenters. The van der Waals surface area contributed by atoms with Gasteiger partial charge in [-0.3, -0.25) is 14.4 Å². The van der Waals surface area contributed by atoms with Crippen molar-refractivity contribution < 1.29 is 117 Å². The van der Waals surface area contributed by atoms with Gasteiger partial charge in [0.05, 0.1) is 42.5 Å². The molecule has 24 nitrogen and oxygen atoms in total. The van der Waals surface area contributed by atoms with Gasteiger partial charge in [-0.05, 0) is 66.7 Å². The molecule has 0 aliphatic carbocycles. The van der Waals surface area contributed by atoms with E-state index in [1.54, 1.807) is 27.7 Å². The summed E-state index contributed by atoms with van der Waals surface area (Å²) in [5.41, 5.74) is 0. The molecule has 6 aliphatic rings. The monoisotopic (exact) mass is 1220 g/mol. The van der Waals surface area contributed by atoms with Crippen LogP contribution in [0.25, 0.3) is 0 Å². The fourth-order valence-corrected chi connectivity index (χ4v) is 11.9. The molecule has 0 amide bonds. The van der Waals surface area contributed by atoms with E-state index in [-0.39, 0.29) is 18.9 Å². The zero-order valence-electron chi connectivity index (χ0n) is 51.8. The highest BCUT2D eigenvalue weighted by Gasteiger charge is 2.58. The van der Waals surface area contributed by atoms with Gasteiger partial charge in [0.15, 0.2) is 49.8 Å². The van der Waals surface area contributed by atoms with Crippen LogP contribution in [-0.4, -0.2) is 218 Å². The number of aliphatic hydroxyl groups excluding tert-OH is 8. The van der Waals surface area contributed by atoms with Crippen molar-refractivity contribution in [3.8, 4) is 0 Å². The smallest absolute Gasteiger partial charge is 0.309 e. The summed E-state index contributed by atoms with van der Waals surface area (Å²) >= 11 is 0. The molecule has 0 saturated carbocycles. The first-order valence-corrected chi connectivity index (χ1v) is 32.2. The SMILES string of the molecule is CCCCCCCCCC(=O)O[C@H]1[C@H](O[C@@H]2[C@H]3OC(=O)CCCCCCCCC[C@H](CCCCC)O[C@H]4O[C@H](C)[C@H](O)[C@H](O)[C@H]4O[C@H](O[C@H]2C)[C@@H]3O)O[C@@H](C)[C@H](O[C@@H]2O[C@@H](C)[C@H](OC(=O)[C@@H](C)CC)[C@@H](O)[C@H]2O)[C@H]1O[C@@H]1O[C@@H](C)[C@H](O)[C@@H](O)[C@H]1O. The fourth-order valence-electron chi connectivity index (χ4n) is 11.9. The normalized spacial score (nSPS) is 42.3. The lowest BCUT2D eigenvalue weighted by atomic mass is 9.95. The minimum Gasteiger partial charge on any atom is -0.457 e. The fraction of sp³-hybridized carbons (Fsp3) is 0.951. The number of esters is 3. The molecule has 0 aromatic rings. The summed E-state index contributed by atoms with van der Waals surface area (Å²) < 4.78 is 82.3. The molecule has 6 heterocycles. The predicted molar refractivity (Wildman–Crippen MR) is 301 cm³/mol. The average Bonchev–Trinajstić information content (AvgIpc) is 1.67. The van der Waals surface area contributed by atoms with Gasteiger partial charge in [0.1, 0.15) is 73.2 Å². The van der Waals surface area contributed by atoms with Crippen molar-refractivity contribution in [2.24, 2.45) is 5.92 Å². The molecule has 8 N–H and O–H groups in total. The van der Waals surface area contributed by atoms with E-state index >= 15 is 0 Å². The Morgan fingerprint density at radius 2 is 1.00 bits per heavy atom. The van der Waals surface area contributed by atoms with Crippen LogP contribution in [0.2, 0.25) is 0 Å². The number of ether oxygens (including phenoxy) is 13. The molecule has 6 saturated heterocycles. The van der Waals surface area contributed by atoms with Crippen LogP contribution in [0.3, 0.4) is 0 Å². The minimum atomic E-state index is -1.91. The van der Waals surface area contributed by atoms with Crippen LogP contribution in [-0.2, 0) is 76.0 Å². The topological polar surface area (TPSA) is 333 Å². The second-order valence-electron chi connectivity index (χ2n) is 24.6. The molecule has 0 aromatic carbocycles. The first kappa shape index (κ1) is 71.8. The van der Waals surface area contributed by atoms with Gasteiger partial charge in [-0.15, -0.1) is 0 Å². The molecule has 0 unspecified atom stereocenters. The lowest BCUT2D eigenvalue weighted by molar-refractivity contribution is -0.399. The number of carbonyl (C=O) groups is 3. The van der Waals surface area contributed by atoms with E-state index < -0.39 is 177 Å². The molecular weight excluding hydrogens is 1120 g/mol. The number of hydrogen-bond acceptors (Lipinski definition) is 24. The van der Waals surface area contributed by atoms with Crippen LogP contribution in [0.4, 0.5) is 0 Å². The van der Waals surface area contributed by atoms with Crippen molar-refractivity contribution in [2.75, 3.05) is 0 Å². The van der Waals surface area contributed by atoms with Crippen LogP contribution < -0.4 is 0 Å². The largest absolute Gasteiger partial charge is 0.457 e. The average molecular weight is 1220 g/mol. The van der Waals surface area contributed by atoms with Gasteiger partial charge in [-0.25, -0.2) is 0 Å². The molecule has 6 fully saturated rings. The van der Waals surface area contributed by atoms with Crippen LogP contribution >= 0.6 is 0 Å². The van der Waals surface area contributed by atoms with Crippen LogP contribution in [0.1, 0.15) is 204 Å². The Morgan fingerprint density at radius 3 is 1.68 bits per heavy atom. The van der Waals surface area contributed by atoms with Crippen LogP contribution in [0.5, 0.6) is 0 Å². The molecule has 6 aliphatic heterocycles. The van der Waals surface area contributed by atoms with Gasteiger partial charge < -0.3 is 102 Å². The molecule has 2 bridgehead atoms. The van der Waals surface area contributed by atoms with Crippen LogP contribution in [0, 0.1) is 5.92 Å². The third-order valence-corrected chi connectivity index (χ3v) is 17.7. The Morgan fingerprint density at radius 1 is 0.471 bits per heavy atom. The zero-order chi connectivity index (χ0) is 62.1. The van der Waals surface area contributed by atoms with E-state index in [4.69, 9.17) is 61.6 Å². The maximum Gasteiger partial charge on any atom is 0.309 e. The highest BCUT2D eigenvalue weighted by atomic mass is 16.8. The van der Waals surface area contributed by atoms with Crippen molar-refractivity contribution in [2.45, 2.75) is 363 Å². The molecule has 0 aromatic heterocycles. The van der Waals surface area contributed by atoms with Gasteiger partial charge in [0.25, 0.3) is 0 Å². The lowest BCUT2D eigenvalue weighted by Crippen LogP contribution is -2.68. The number of hydrogen-bond donors (Lipinski definition) is 8. The van der Waals surface area contributed by atoms with E-state index in [9.17, 15) is 55.2 Å². The number of fused-ring (bicyclic) bond motifs is 3. The van der Waals surface area contributed by atoms with Gasteiger partial charge >= 0.3 is 17.9 Å². The van der Waals surface area contributed by atoms with Gasteiger partial charge in [0, 0.05) is 12.8 Å². The van der Waals surface area contributed by atoms with Gasteiger partial charge in [-0.1, -0.05) is 124 Å². The summed E-state index contributed by atoms with van der Waals surface area (Å²) in [7, 11) is 0. The standard InChI is InChI=1S/C61H106O24/c1-10-13-15-16-18-22-27-31-40(63)80-55-54(85-57-46(69)43(66)41(64)33(5)73-57)51(82-58-47(70)45(68)49(35(7)75-58)81-56(72)32(4)12-3)37(9)77-61(55)83-50-36(8)76-59-48(71)52(50)79-39(62)30-26-23-20-17-19-21-25-29-38(28-24-14-11-2)78-60-53(84-59)44(67)42(65)34(6)74-60/h32-38,41-55,57-61,64-71H,10-31H2,1-9H3/t32-,33-,34+,35-,36-,37-,38-,41-,42-,43+,44-,45-,46+,47+,48+,49-,50-,51-,52-,53+,54+,55+,57-,58-,59-,60+,61-/m0/s1. The first-order chi connectivity index (χ1) is 40.6. The van der Waals surface area contributed by atoms with E-state index in [0.717, 1.165) is 103 Å². The molecule has 85 heavy (non-hydrogen) atoms. The van der Waals surface area contributed by atoms with E-state index in [1.165, 1.54) is 20.8 Å². The van der Waals surface area contributed by atoms with Crippen molar-refractivity contribution in [3.05, 3.63) is 0 Å². The molecule has 0 radical (unpaired) electrons. The number of unbranched alkanes of at least 4 members (excludes halogenated alkanes) is 8. The maximum atomic E-state index is 14.3. The van der Waals surface area contributed by atoms with Crippen molar-refractivity contribution in [3.63, 3.8) is 0 Å². The van der Waals surface area contributed by atoms with Gasteiger partial charge in [-0.2, -0.15) is 0 Å². The highest BCUT2D eigenvalue weighted by Crippen LogP contribution is 2.39. The first-order valence-electron chi connectivity index (χ1n) is 32.2. The van der Waals surface area contributed by atoms with E-state index in [2.05, 4.69) is 13.8 Å². The summed E-state index contributed by atoms with van der Waals surface area (Å²) in [5.74, 6) is -2.57. The van der Waals surface area contributed by atoms with Crippen molar-refractivity contribution in [1.29, 1.82) is 0 Å². The van der Waals surface area contributed by atoms with Crippen molar-refractivity contribution in [1.82, 2.24) is 0 Å². The summed E-state index contributed by atoms with van der Waals surface area (Å²) in [6.07, 6.45) is -21.5. The van der Waals surface area contributed by atoms with Crippen LogP contribution in [0.15, 0.2) is 0 Å². The Kier molecular flexibility index (Phi) is 29.8. The molecule has 6 rings (SSSR count). The maximum absolute atomic E-state index is 14.3. The van der Waals surface area contributed by atoms with Gasteiger partial charge in [0.2, 0.25) is 0 Å². The molecule has 0 spiro atoms. The summed E-state index contributed by atoms with van der Waals surface area (Å²) in [6, 6.07) is 0. The summed E-state index contributed by atoms with van der Waals surface area (Å²) in [4.78, 5) is 41.2. The molecule has 24 heteroatoms. The lowest BCUT2D eigenvalue weighted by Gasteiger charge is -2.51. The summed E-state index contributed by atoms with van der Waals surface area (Å²) in [5, 5.41) is 91.7. The quantitative estimate of drug-likeness (QED) is 0.0419. The molecular formula is C61H106O24. The Bertz CT molecular complexity index is 1950. The molecule has 494 valence electrons. The Labute approximate surface area is 502 Å². The van der Waals surface area contributed by atoms with E-state index in [0.29, 0.717) is 25.7 Å². The number of carbonyl (C=O) groups excluding carboxylic acids is 3. The third kappa shape index (κ3) is 19.8. The van der Waals surface area contributed by atoms with Crippen molar-refractivity contribution >= 4 is 17.9 Å². The second-order valence-corrected chi connectivity index (χ2v) is 24.6. The number of aliphatic hydroxyl groups is 8. The summed E-state index contributed by atoms with van der Waals surface area (Å²) in [6.45, 7) is 15.3. The highest BCUT2D eigenvalue weighted by molar-refractivity contribution is 5.72. The second kappa shape index (κ2) is 35.3. The Balaban J connectivity index is 1.36. The minimum absolute atomic E-state index is 0.0256. The number of rotatable bonds is 22. The Hall–Kier alpha value is -2.31. The third-order valence-electron chi connectivity index (χ3n) is 17.7. The predicted octanol–water partition coefficient (Wildman–Crippen LogP) is 4.55.